The van der Waals surface area contributed by atoms with Gasteiger partial charge in [0.1, 0.15) is 30.2 Å². The van der Waals surface area contributed by atoms with E-state index in [4.69, 9.17) is 9.47 Å². The monoisotopic (exact) mass is 378 g/mol. The third-order valence-electron chi connectivity index (χ3n) is 6.54. The molecule has 2 aliphatic rings. The van der Waals surface area contributed by atoms with E-state index in [-0.39, 0.29) is 0 Å². The molecule has 1 saturated carbocycles. The Hall–Kier alpha value is -1.14. The van der Waals surface area contributed by atoms with Crippen LogP contribution in [-0.2, 0) is 11.2 Å². The Morgan fingerprint density at radius 2 is 1.67 bits per heavy atom. The summed E-state index contributed by atoms with van der Waals surface area (Å²) in [6.07, 6.45) is 2.68. The molecule has 27 heavy (non-hydrogen) atoms. The maximum absolute atomic E-state index is 10.4. The molecule has 0 unspecified atom stereocenters. The van der Waals surface area contributed by atoms with Crippen molar-refractivity contribution in [3.63, 3.8) is 0 Å². The van der Waals surface area contributed by atoms with Gasteiger partial charge in [-0.1, -0.05) is 32.3 Å². The molecule has 3 N–H and O–H groups in total. The molecule has 1 aromatic carbocycles. The Bertz CT molecular complexity index is 611. The third kappa shape index (κ3) is 4.48. The van der Waals surface area contributed by atoms with Gasteiger partial charge >= 0.3 is 0 Å². The minimum absolute atomic E-state index is 0.539. The Balaban J connectivity index is 1.77. The van der Waals surface area contributed by atoms with Crippen LogP contribution < -0.4 is 4.74 Å². The second-order valence-corrected chi connectivity index (χ2v) is 8.30. The van der Waals surface area contributed by atoms with Crippen LogP contribution in [0.15, 0.2) is 18.2 Å². The summed E-state index contributed by atoms with van der Waals surface area (Å²) in [4.78, 5) is 0. The molecule has 152 valence electrons. The second-order valence-electron chi connectivity index (χ2n) is 8.30. The second kappa shape index (κ2) is 8.91. The highest BCUT2D eigenvalue weighted by atomic mass is 16.5. The van der Waals surface area contributed by atoms with Gasteiger partial charge in [0.05, 0.1) is 13.2 Å². The molecule has 1 aromatic rings. The van der Waals surface area contributed by atoms with Gasteiger partial charge in [0.15, 0.2) is 0 Å². The van der Waals surface area contributed by atoms with Crippen LogP contribution in [0.4, 0.5) is 0 Å². The molecule has 0 bridgehead atoms. The molecule has 0 amide bonds. The highest BCUT2D eigenvalue weighted by molar-refractivity contribution is 5.39. The molecule has 5 heteroatoms. The molecule has 5 nitrogen and oxygen atoms in total. The van der Waals surface area contributed by atoms with Crippen molar-refractivity contribution in [3.05, 3.63) is 29.3 Å². The van der Waals surface area contributed by atoms with E-state index in [0.717, 1.165) is 29.2 Å². The van der Waals surface area contributed by atoms with Crippen LogP contribution in [0.3, 0.4) is 0 Å². The topological polar surface area (TPSA) is 79.2 Å². The average Bonchev–Trinajstić information content (AvgIpc) is 2.69. The molecule has 1 aliphatic carbocycles. The molecule has 5 atom stereocenters. The molecule has 1 aliphatic heterocycles. The Labute approximate surface area is 162 Å². The van der Waals surface area contributed by atoms with Crippen LogP contribution in [0.25, 0.3) is 0 Å². The Morgan fingerprint density at radius 3 is 2.30 bits per heavy atom. The first-order valence-corrected chi connectivity index (χ1v) is 10.3. The van der Waals surface area contributed by atoms with Crippen molar-refractivity contribution in [2.45, 2.75) is 82.9 Å². The minimum atomic E-state index is -1.21. The van der Waals surface area contributed by atoms with Crippen molar-refractivity contribution in [1.29, 1.82) is 0 Å². The lowest BCUT2D eigenvalue weighted by Gasteiger charge is -2.39. The van der Waals surface area contributed by atoms with E-state index in [2.05, 4.69) is 6.92 Å². The smallest absolute Gasteiger partial charge is 0.122 e. The highest BCUT2D eigenvalue weighted by Gasteiger charge is 2.42. The first-order valence-electron chi connectivity index (χ1n) is 10.3. The minimum Gasteiger partial charge on any atom is -0.496 e. The van der Waals surface area contributed by atoms with E-state index in [9.17, 15) is 15.3 Å². The number of benzene rings is 1. The van der Waals surface area contributed by atoms with Crippen molar-refractivity contribution in [2.75, 3.05) is 7.11 Å². The van der Waals surface area contributed by atoms with Gasteiger partial charge in [0.25, 0.3) is 0 Å². The van der Waals surface area contributed by atoms with Crippen LogP contribution in [0.5, 0.6) is 5.75 Å². The van der Waals surface area contributed by atoms with Crippen LogP contribution in [0.2, 0.25) is 0 Å². The predicted molar refractivity (Wildman–Crippen MR) is 104 cm³/mol. The number of ether oxygens (including phenoxy) is 2. The van der Waals surface area contributed by atoms with Gasteiger partial charge in [0.2, 0.25) is 0 Å². The molecular formula is C22H34O5. The van der Waals surface area contributed by atoms with Crippen LogP contribution in [-0.4, -0.2) is 46.8 Å². The number of methoxy groups -OCH3 is 1. The van der Waals surface area contributed by atoms with E-state index in [0.29, 0.717) is 5.92 Å². The molecule has 2 fully saturated rings. The fourth-order valence-electron chi connectivity index (χ4n) is 4.62. The van der Waals surface area contributed by atoms with E-state index in [1.165, 1.54) is 32.1 Å². The van der Waals surface area contributed by atoms with E-state index >= 15 is 0 Å². The zero-order valence-electron chi connectivity index (χ0n) is 16.7. The van der Waals surface area contributed by atoms with Crippen molar-refractivity contribution in [2.24, 2.45) is 11.8 Å². The molecule has 0 spiro atoms. The Morgan fingerprint density at radius 1 is 1.00 bits per heavy atom. The fraction of sp³-hybridized carbons (Fsp3) is 0.727. The summed E-state index contributed by atoms with van der Waals surface area (Å²) >= 11 is 0. The Kier molecular flexibility index (Phi) is 6.79. The molecule has 0 radical (unpaired) electrons. The number of hydrogen-bond donors (Lipinski definition) is 3. The number of hydrogen-bond acceptors (Lipinski definition) is 5. The van der Waals surface area contributed by atoms with Crippen LogP contribution >= 0.6 is 0 Å². The maximum Gasteiger partial charge on any atom is 0.122 e. The van der Waals surface area contributed by atoms with Crippen molar-refractivity contribution >= 4 is 0 Å². The standard InChI is InChI=1S/C22H34O5/c1-4-14-5-7-15(8-6-14)11-17-12-16(9-10-18(17)26-3)22-21(25)20(24)19(23)13(2)27-22/h9-10,12-15,19-25H,4-8,11H2,1-3H3/t13-,14?,15?,19-,20+,21-,22+/m1/s1. The summed E-state index contributed by atoms with van der Waals surface area (Å²) < 4.78 is 11.4. The summed E-state index contributed by atoms with van der Waals surface area (Å²) in [5.74, 6) is 2.38. The largest absolute Gasteiger partial charge is 0.496 e. The lowest BCUT2D eigenvalue weighted by Crippen LogP contribution is -2.53. The first kappa shape index (κ1) is 20.6. The van der Waals surface area contributed by atoms with E-state index in [1.54, 1.807) is 14.0 Å². The normalized spacial score (nSPS) is 37.2. The number of aliphatic hydroxyl groups is 3. The summed E-state index contributed by atoms with van der Waals surface area (Å²) in [7, 11) is 1.68. The van der Waals surface area contributed by atoms with Crippen molar-refractivity contribution < 1.29 is 24.8 Å². The SMILES string of the molecule is CCC1CCC(Cc2cc([C@@H]3O[C@H](C)[C@@H](O)[C@H](O)[C@H]3O)ccc2OC)CC1. The van der Waals surface area contributed by atoms with Gasteiger partial charge in [-0.05, 0) is 61.3 Å². The third-order valence-corrected chi connectivity index (χ3v) is 6.54. The van der Waals surface area contributed by atoms with Crippen LogP contribution in [0, 0.1) is 11.8 Å². The molecule has 1 saturated heterocycles. The number of aliphatic hydroxyl groups excluding tert-OH is 3. The highest BCUT2D eigenvalue weighted by Crippen LogP contribution is 2.37. The number of rotatable bonds is 5. The zero-order valence-corrected chi connectivity index (χ0v) is 16.7. The predicted octanol–water partition coefficient (Wildman–Crippen LogP) is 3.00. The van der Waals surface area contributed by atoms with Gasteiger partial charge in [0, 0.05) is 0 Å². The summed E-state index contributed by atoms with van der Waals surface area (Å²) in [5, 5.41) is 30.5. The fourth-order valence-corrected chi connectivity index (χ4v) is 4.62. The zero-order chi connectivity index (χ0) is 19.6. The van der Waals surface area contributed by atoms with Gasteiger partial charge < -0.3 is 24.8 Å². The van der Waals surface area contributed by atoms with Crippen molar-refractivity contribution in [1.82, 2.24) is 0 Å². The van der Waals surface area contributed by atoms with Crippen molar-refractivity contribution in [3.8, 4) is 5.75 Å². The van der Waals surface area contributed by atoms with Gasteiger partial charge in [-0.25, -0.2) is 0 Å². The van der Waals surface area contributed by atoms with Gasteiger partial charge in [-0.2, -0.15) is 0 Å². The summed E-state index contributed by atoms with van der Waals surface area (Å²) in [6.45, 7) is 3.99. The van der Waals surface area contributed by atoms with Gasteiger partial charge in [-0.3, -0.25) is 0 Å². The molecule has 1 heterocycles. The van der Waals surface area contributed by atoms with Gasteiger partial charge in [-0.15, -0.1) is 0 Å². The summed E-state index contributed by atoms with van der Waals surface area (Å²) in [6, 6.07) is 5.83. The average molecular weight is 379 g/mol. The maximum atomic E-state index is 10.4. The van der Waals surface area contributed by atoms with E-state index < -0.39 is 30.5 Å². The summed E-state index contributed by atoms with van der Waals surface area (Å²) in [5.41, 5.74) is 1.94. The quantitative estimate of drug-likeness (QED) is 0.734. The first-order chi connectivity index (χ1) is 12.9. The molecule has 0 aromatic heterocycles. The molecular weight excluding hydrogens is 344 g/mol. The lowest BCUT2D eigenvalue weighted by atomic mass is 9.78. The van der Waals surface area contributed by atoms with Crippen LogP contribution in [0.1, 0.15) is 63.2 Å². The molecule has 3 rings (SSSR count). The van der Waals surface area contributed by atoms with E-state index in [1.807, 2.05) is 18.2 Å². The lowest BCUT2D eigenvalue weighted by molar-refractivity contribution is -0.219.